The lowest BCUT2D eigenvalue weighted by Gasteiger charge is -2.26. The van der Waals surface area contributed by atoms with Gasteiger partial charge in [-0.05, 0) is 50.3 Å². The molecule has 1 saturated heterocycles. The van der Waals surface area contributed by atoms with Crippen molar-refractivity contribution in [3.05, 3.63) is 52.2 Å². The first-order valence-corrected chi connectivity index (χ1v) is 10.2. The molecule has 3 heterocycles. The van der Waals surface area contributed by atoms with Crippen LogP contribution >= 0.6 is 11.6 Å². The van der Waals surface area contributed by atoms with Gasteiger partial charge < -0.3 is 10.2 Å². The zero-order chi connectivity index (χ0) is 20.0. The summed E-state index contributed by atoms with van der Waals surface area (Å²) in [4.78, 5) is 15.7. The quantitative estimate of drug-likeness (QED) is 0.633. The van der Waals surface area contributed by atoms with Crippen LogP contribution in [-0.2, 0) is 0 Å². The zero-order valence-electron chi connectivity index (χ0n) is 16.0. The minimum absolute atomic E-state index is 0.00426. The Labute approximate surface area is 172 Å². The summed E-state index contributed by atoms with van der Waals surface area (Å²) in [7, 11) is 0. The lowest BCUT2D eigenvalue weighted by atomic mass is 10.0. The summed E-state index contributed by atoms with van der Waals surface area (Å²) in [6.07, 6.45) is 4.30. The standard InChI is InChI=1S/C20H21ClFN7/c1-11-23-19(25-18-10-16(27-28-18)12-4-5-12)26-20(24-11)29-8-2-3-17(29)14-7-6-13(22)9-15(14)21/h6-7,9-10,12,17H,2-5,8H2,1H3,(H2,23,24,25,26,27,28). The van der Waals surface area contributed by atoms with Gasteiger partial charge in [0.2, 0.25) is 11.9 Å². The van der Waals surface area contributed by atoms with Crippen LogP contribution in [0.15, 0.2) is 24.3 Å². The smallest absolute Gasteiger partial charge is 0.233 e. The number of hydrogen-bond acceptors (Lipinski definition) is 6. The van der Waals surface area contributed by atoms with E-state index in [9.17, 15) is 4.39 Å². The van der Waals surface area contributed by atoms with Crippen molar-refractivity contribution in [2.45, 2.75) is 44.6 Å². The van der Waals surface area contributed by atoms with Crippen LogP contribution in [0.3, 0.4) is 0 Å². The first-order chi connectivity index (χ1) is 14.1. The van der Waals surface area contributed by atoms with Gasteiger partial charge in [-0.3, -0.25) is 5.10 Å². The molecule has 1 atom stereocenters. The molecule has 0 spiro atoms. The maximum atomic E-state index is 13.5. The Bertz CT molecular complexity index is 1050. The van der Waals surface area contributed by atoms with Crippen molar-refractivity contribution in [1.29, 1.82) is 0 Å². The van der Waals surface area contributed by atoms with Gasteiger partial charge in [0.15, 0.2) is 5.82 Å². The van der Waals surface area contributed by atoms with E-state index in [4.69, 9.17) is 11.6 Å². The Morgan fingerprint density at radius 1 is 1.17 bits per heavy atom. The molecule has 2 aromatic heterocycles. The largest absolute Gasteiger partial charge is 0.334 e. The number of hydrogen-bond donors (Lipinski definition) is 2. The number of nitrogens with zero attached hydrogens (tertiary/aromatic N) is 5. The minimum atomic E-state index is -0.338. The molecule has 2 N–H and O–H groups in total. The number of H-pyrrole nitrogens is 1. The van der Waals surface area contributed by atoms with Crippen LogP contribution < -0.4 is 10.2 Å². The van der Waals surface area contributed by atoms with E-state index < -0.39 is 0 Å². The molecule has 1 unspecified atom stereocenters. The van der Waals surface area contributed by atoms with E-state index >= 15 is 0 Å². The second-order valence-electron chi connectivity index (χ2n) is 7.63. The molecule has 1 saturated carbocycles. The van der Waals surface area contributed by atoms with Gasteiger partial charge in [0, 0.05) is 29.2 Å². The van der Waals surface area contributed by atoms with Gasteiger partial charge >= 0.3 is 0 Å². The van der Waals surface area contributed by atoms with Gasteiger partial charge in [-0.1, -0.05) is 17.7 Å². The number of nitrogens with one attached hydrogen (secondary N) is 2. The summed E-state index contributed by atoms with van der Waals surface area (Å²) in [5.41, 5.74) is 2.03. The highest BCUT2D eigenvalue weighted by Gasteiger charge is 2.30. The van der Waals surface area contributed by atoms with Gasteiger partial charge in [-0.15, -0.1) is 0 Å². The average Bonchev–Trinajstić information content (AvgIpc) is 3.22. The van der Waals surface area contributed by atoms with Crippen molar-refractivity contribution < 1.29 is 4.39 Å². The summed E-state index contributed by atoms with van der Waals surface area (Å²) in [5, 5.41) is 11.0. The second-order valence-corrected chi connectivity index (χ2v) is 8.04. The van der Waals surface area contributed by atoms with Crippen LogP contribution in [0.5, 0.6) is 0 Å². The van der Waals surface area contributed by atoms with E-state index in [1.807, 2.05) is 13.0 Å². The Balaban J connectivity index is 1.42. The average molecular weight is 414 g/mol. The number of halogens is 2. The molecule has 29 heavy (non-hydrogen) atoms. The van der Waals surface area contributed by atoms with Crippen molar-refractivity contribution >= 4 is 29.3 Å². The molecular weight excluding hydrogens is 393 g/mol. The third-order valence-electron chi connectivity index (χ3n) is 5.42. The van der Waals surface area contributed by atoms with Crippen LogP contribution in [0.2, 0.25) is 5.02 Å². The van der Waals surface area contributed by atoms with Gasteiger partial charge in [-0.2, -0.15) is 20.1 Å². The molecule has 2 fully saturated rings. The van der Waals surface area contributed by atoms with E-state index in [1.54, 1.807) is 6.07 Å². The van der Waals surface area contributed by atoms with Crippen LogP contribution in [0, 0.1) is 12.7 Å². The topological polar surface area (TPSA) is 82.6 Å². The van der Waals surface area contributed by atoms with Crippen molar-refractivity contribution in [3.63, 3.8) is 0 Å². The highest BCUT2D eigenvalue weighted by atomic mass is 35.5. The van der Waals surface area contributed by atoms with E-state index in [0.29, 0.717) is 34.5 Å². The molecule has 0 bridgehead atoms. The van der Waals surface area contributed by atoms with Gasteiger partial charge in [0.05, 0.1) is 6.04 Å². The molecule has 0 radical (unpaired) electrons. The van der Waals surface area contributed by atoms with Crippen molar-refractivity contribution in [3.8, 4) is 0 Å². The molecule has 150 valence electrons. The zero-order valence-corrected chi connectivity index (χ0v) is 16.7. The number of aromatic nitrogens is 5. The lowest BCUT2D eigenvalue weighted by Crippen LogP contribution is -2.25. The van der Waals surface area contributed by atoms with Crippen LogP contribution in [0.4, 0.5) is 22.1 Å². The molecule has 1 aliphatic carbocycles. The Morgan fingerprint density at radius 2 is 2.03 bits per heavy atom. The van der Waals surface area contributed by atoms with Gasteiger partial charge in [-0.25, -0.2) is 4.39 Å². The first-order valence-electron chi connectivity index (χ1n) is 9.83. The molecule has 5 rings (SSSR count). The molecule has 9 heteroatoms. The number of aromatic amines is 1. The van der Waals surface area contributed by atoms with Gasteiger partial charge in [0.25, 0.3) is 0 Å². The summed E-state index contributed by atoms with van der Waals surface area (Å²) < 4.78 is 13.5. The lowest BCUT2D eigenvalue weighted by molar-refractivity contribution is 0.624. The first kappa shape index (κ1) is 18.3. The Kier molecular flexibility index (Phi) is 4.58. The molecule has 2 aliphatic rings. The second kappa shape index (κ2) is 7.26. The van der Waals surface area contributed by atoms with Crippen LogP contribution in [0.1, 0.15) is 54.7 Å². The van der Waals surface area contributed by atoms with Crippen LogP contribution in [-0.4, -0.2) is 31.7 Å². The molecule has 0 amide bonds. The number of aryl methyl sites for hydroxylation is 1. The maximum Gasteiger partial charge on any atom is 0.233 e. The fourth-order valence-electron chi connectivity index (χ4n) is 3.87. The Morgan fingerprint density at radius 3 is 2.83 bits per heavy atom. The van der Waals surface area contributed by atoms with Gasteiger partial charge in [0.1, 0.15) is 11.6 Å². The van der Waals surface area contributed by atoms with E-state index in [1.165, 1.54) is 25.0 Å². The maximum absolute atomic E-state index is 13.5. The van der Waals surface area contributed by atoms with Crippen molar-refractivity contribution in [2.24, 2.45) is 0 Å². The summed E-state index contributed by atoms with van der Waals surface area (Å²) >= 11 is 6.32. The fourth-order valence-corrected chi connectivity index (χ4v) is 4.17. The molecule has 1 aliphatic heterocycles. The SMILES string of the molecule is Cc1nc(Nc2cc(C3CC3)[nH]n2)nc(N2CCCC2c2ccc(F)cc2Cl)n1. The molecule has 3 aromatic rings. The minimum Gasteiger partial charge on any atom is -0.334 e. The third-order valence-corrected chi connectivity index (χ3v) is 5.75. The highest BCUT2D eigenvalue weighted by Crippen LogP contribution is 2.40. The fraction of sp³-hybridized carbons (Fsp3) is 0.400. The summed E-state index contributed by atoms with van der Waals surface area (Å²) in [6.45, 7) is 2.64. The summed E-state index contributed by atoms with van der Waals surface area (Å²) in [5.74, 6) is 2.61. The molecule has 1 aromatic carbocycles. The third kappa shape index (κ3) is 3.76. The normalized spacial score (nSPS) is 19.0. The predicted molar refractivity (Wildman–Crippen MR) is 109 cm³/mol. The summed E-state index contributed by atoms with van der Waals surface area (Å²) in [6, 6.07) is 6.56. The Hall–Kier alpha value is -2.74. The van der Waals surface area contributed by atoms with E-state index in [-0.39, 0.29) is 11.9 Å². The number of anilines is 3. The highest BCUT2D eigenvalue weighted by molar-refractivity contribution is 6.31. The number of rotatable bonds is 5. The predicted octanol–water partition coefficient (Wildman–Crippen LogP) is 4.66. The van der Waals surface area contributed by atoms with Crippen molar-refractivity contribution in [1.82, 2.24) is 25.1 Å². The monoisotopic (exact) mass is 413 g/mol. The van der Waals surface area contributed by atoms with Crippen LogP contribution in [0.25, 0.3) is 0 Å². The number of benzene rings is 1. The van der Waals surface area contributed by atoms with E-state index in [2.05, 4.69) is 35.4 Å². The molecule has 7 nitrogen and oxygen atoms in total. The van der Waals surface area contributed by atoms with Crippen molar-refractivity contribution in [2.75, 3.05) is 16.8 Å². The molecular formula is C20H21ClFN7. The van der Waals surface area contributed by atoms with E-state index in [0.717, 1.165) is 30.6 Å².